The van der Waals surface area contributed by atoms with Gasteiger partial charge in [-0.15, -0.1) is 0 Å². The molecule has 5 nitrogen and oxygen atoms in total. The topological polar surface area (TPSA) is 77.1 Å². The van der Waals surface area contributed by atoms with Gasteiger partial charge in [-0.25, -0.2) is 0 Å². The summed E-state index contributed by atoms with van der Waals surface area (Å²) in [5.41, 5.74) is 6.02. The van der Waals surface area contributed by atoms with E-state index in [1.807, 2.05) is 30.3 Å². The highest BCUT2D eigenvalue weighted by Crippen LogP contribution is 2.22. The molecule has 0 spiro atoms. The maximum absolute atomic E-state index is 8.76. The van der Waals surface area contributed by atoms with Crippen LogP contribution in [0.1, 0.15) is 5.56 Å². The van der Waals surface area contributed by atoms with Crippen molar-refractivity contribution >= 4 is 17.4 Å². The number of nitrogens with two attached hydrogens (primary N) is 1. The SMILES string of the molecule is NC(=NO)c1cc(Cl)ccc1OCCOc1ccccc1. The van der Waals surface area contributed by atoms with Crippen LogP contribution >= 0.6 is 11.6 Å². The van der Waals surface area contributed by atoms with Crippen LogP contribution in [0.4, 0.5) is 0 Å². The third kappa shape index (κ3) is 4.29. The number of halogens is 1. The zero-order valence-corrected chi connectivity index (χ0v) is 12.0. The van der Waals surface area contributed by atoms with Gasteiger partial charge in [0.15, 0.2) is 5.84 Å². The van der Waals surface area contributed by atoms with Crippen LogP contribution < -0.4 is 15.2 Å². The van der Waals surface area contributed by atoms with Gasteiger partial charge in [0.25, 0.3) is 0 Å². The Morgan fingerprint density at radius 3 is 2.52 bits per heavy atom. The fourth-order valence-electron chi connectivity index (χ4n) is 1.71. The molecular formula is C15H15ClN2O3. The van der Waals surface area contributed by atoms with Gasteiger partial charge in [0, 0.05) is 5.02 Å². The Balaban J connectivity index is 1.94. The van der Waals surface area contributed by atoms with E-state index < -0.39 is 0 Å². The van der Waals surface area contributed by atoms with Crippen molar-refractivity contribution in [2.75, 3.05) is 13.2 Å². The van der Waals surface area contributed by atoms with E-state index in [4.69, 9.17) is 32.0 Å². The van der Waals surface area contributed by atoms with E-state index in [1.165, 1.54) is 0 Å². The summed E-state index contributed by atoms with van der Waals surface area (Å²) in [5, 5.41) is 12.2. The quantitative estimate of drug-likeness (QED) is 0.283. The molecular weight excluding hydrogens is 292 g/mol. The number of para-hydroxylation sites is 1. The molecule has 0 unspecified atom stereocenters. The summed E-state index contributed by atoms with van der Waals surface area (Å²) < 4.78 is 11.1. The van der Waals surface area contributed by atoms with Crippen molar-refractivity contribution in [3.05, 3.63) is 59.1 Å². The predicted molar refractivity (Wildman–Crippen MR) is 81.4 cm³/mol. The number of rotatable bonds is 6. The first-order valence-corrected chi connectivity index (χ1v) is 6.66. The normalized spacial score (nSPS) is 11.2. The molecule has 0 aromatic heterocycles. The summed E-state index contributed by atoms with van der Waals surface area (Å²) in [6.07, 6.45) is 0. The molecule has 0 saturated carbocycles. The first-order valence-electron chi connectivity index (χ1n) is 6.29. The lowest BCUT2D eigenvalue weighted by molar-refractivity contribution is 0.217. The second kappa shape index (κ2) is 7.40. The summed E-state index contributed by atoms with van der Waals surface area (Å²) in [4.78, 5) is 0. The van der Waals surface area contributed by atoms with Crippen molar-refractivity contribution in [2.24, 2.45) is 10.9 Å². The lowest BCUT2D eigenvalue weighted by Crippen LogP contribution is -2.16. The minimum Gasteiger partial charge on any atom is -0.490 e. The van der Waals surface area contributed by atoms with E-state index in [0.29, 0.717) is 29.5 Å². The summed E-state index contributed by atoms with van der Waals surface area (Å²) in [6.45, 7) is 0.699. The summed E-state index contributed by atoms with van der Waals surface area (Å²) in [6, 6.07) is 14.3. The highest BCUT2D eigenvalue weighted by atomic mass is 35.5. The van der Waals surface area contributed by atoms with Gasteiger partial charge in [0.1, 0.15) is 24.7 Å². The lowest BCUT2D eigenvalue weighted by Gasteiger charge is -2.11. The fourth-order valence-corrected chi connectivity index (χ4v) is 1.88. The minimum atomic E-state index is -0.0588. The number of ether oxygens (including phenoxy) is 2. The van der Waals surface area contributed by atoms with E-state index in [2.05, 4.69) is 5.16 Å². The maximum atomic E-state index is 8.76. The Labute approximate surface area is 127 Å². The molecule has 0 heterocycles. The molecule has 6 heteroatoms. The van der Waals surface area contributed by atoms with Crippen LogP contribution in [0.2, 0.25) is 5.02 Å². The number of oxime groups is 1. The summed E-state index contributed by atoms with van der Waals surface area (Å²) in [7, 11) is 0. The molecule has 3 N–H and O–H groups in total. The smallest absolute Gasteiger partial charge is 0.173 e. The number of nitrogens with zero attached hydrogens (tertiary/aromatic N) is 1. The van der Waals surface area contributed by atoms with Crippen LogP contribution in [-0.4, -0.2) is 24.3 Å². The standard InChI is InChI=1S/C15H15ClN2O3/c16-11-6-7-14(13(10-11)15(17)18-19)21-9-8-20-12-4-2-1-3-5-12/h1-7,10,19H,8-9H2,(H2,17,18). The van der Waals surface area contributed by atoms with E-state index in [9.17, 15) is 0 Å². The number of benzene rings is 2. The second-order valence-corrected chi connectivity index (χ2v) is 4.57. The predicted octanol–water partition coefficient (Wildman–Crippen LogP) is 2.89. The Bertz CT molecular complexity index is 618. The van der Waals surface area contributed by atoms with Crippen LogP contribution in [0.5, 0.6) is 11.5 Å². The van der Waals surface area contributed by atoms with E-state index >= 15 is 0 Å². The number of amidine groups is 1. The zero-order chi connectivity index (χ0) is 15.1. The molecule has 0 amide bonds. The molecule has 0 bridgehead atoms. The van der Waals surface area contributed by atoms with Gasteiger partial charge in [0.2, 0.25) is 0 Å². The van der Waals surface area contributed by atoms with Crippen molar-refractivity contribution in [1.29, 1.82) is 0 Å². The largest absolute Gasteiger partial charge is 0.490 e. The zero-order valence-electron chi connectivity index (χ0n) is 11.2. The second-order valence-electron chi connectivity index (χ2n) is 4.14. The molecule has 0 fully saturated rings. The molecule has 0 saturated heterocycles. The third-order valence-electron chi connectivity index (χ3n) is 2.68. The Morgan fingerprint density at radius 2 is 1.81 bits per heavy atom. The van der Waals surface area contributed by atoms with Crippen LogP contribution in [0.25, 0.3) is 0 Å². The molecule has 110 valence electrons. The third-order valence-corrected chi connectivity index (χ3v) is 2.91. The van der Waals surface area contributed by atoms with Gasteiger partial charge in [-0.2, -0.15) is 0 Å². The van der Waals surface area contributed by atoms with Crippen LogP contribution in [0.3, 0.4) is 0 Å². The van der Waals surface area contributed by atoms with Crippen LogP contribution in [-0.2, 0) is 0 Å². The average Bonchev–Trinajstić information content (AvgIpc) is 2.53. The van der Waals surface area contributed by atoms with Crippen molar-refractivity contribution < 1.29 is 14.7 Å². The first kappa shape index (κ1) is 15.0. The van der Waals surface area contributed by atoms with Gasteiger partial charge in [-0.3, -0.25) is 0 Å². The van der Waals surface area contributed by atoms with E-state index in [-0.39, 0.29) is 5.84 Å². The first-order chi connectivity index (χ1) is 10.2. The van der Waals surface area contributed by atoms with Crippen LogP contribution in [0.15, 0.2) is 53.7 Å². The fraction of sp³-hybridized carbons (Fsp3) is 0.133. The Morgan fingerprint density at radius 1 is 1.10 bits per heavy atom. The lowest BCUT2D eigenvalue weighted by atomic mass is 10.2. The monoisotopic (exact) mass is 306 g/mol. The van der Waals surface area contributed by atoms with Gasteiger partial charge in [-0.1, -0.05) is 35.0 Å². The highest BCUT2D eigenvalue weighted by Gasteiger charge is 2.09. The van der Waals surface area contributed by atoms with E-state index in [0.717, 1.165) is 5.75 Å². The van der Waals surface area contributed by atoms with Gasteiger partial charge < -0.3 is 20.4 Å². The number of hydrogen-bond acceptors (Lipinski definition) is 4. The Kier molecular flexibility index (Phi) is 5.29. The van der Waals surface area contributed by atoms with Gasteiger partial charge in [-0.05, 0) is 30.3 Å². The minimum absolute atomic E-state index is 0.0588. The Hall–Kier alpha value is -2.40. The van der Waals surface area contributed by atoms with Crippen molar-refractivity contribution in [1.82, 2.24) is 0 Å². The molecule has 2 aromatic carbocycles. The highest BCUT2D eigenvalue weighted by molar-refractivity contribution is 6.31. The van der Waals surface area contributed by atoms with Crippen LogP contribution in [0, 0.1) is 0 Å². The summed E-state index contributed by atoms with van der Waals surface area (Å²) in [5.74, 6) is 1.19. The van der Waals surface area contributed by atoms with Crippen molar-refractivity contribution in [2.45, 2.75) is 0 Å². The van der Waals surface area contributed by atoms with E-state index in [1.54, 1.807) is 18.2 Å². The molecule has 21 heavy (non-hydrogen) atoms. The van der Waals surface area contributed by atoms with Gasteiger partial charge in [0.05, 0.1) is 5.56 Å². The molecule has 0 radical (unpaired) electrons. The maximum Gasteiger partial charge on any atom is 0.173 e. The molecule has 2 rings (SSSR count). The van der Waals surface area contributed by atoms with Crippen molar-refractivity contribution in [3.63, 3.8) is 0 Å². The molecule has 0 aliphatic rings. The summed E-state index contributed by atoms with van der Waals surface area (Å²) >= 11 is 5.89. The van der Waals surface area contributed by atoms with Gasteiger partial charge >= 0.3 is 0 Å². The average molecular weight is 307 g/mol. The molecule has 2 aromatic rings. The van der Waals surface area contributed by atoms with Crippen molar-refractivity contribution in [3.8, 4) is 11.5 Å². The molecule has 0 atom stereocenters. The number of hydrogen-bond donors (Lipinski definition) is 2. The molecule has 0 aliphatic heterocycles. The molecule has 0 aliphatic carbocycles.